The smallest absolute Gasteiger partial charge is 0.00868 e. The van der Waals surface area contributed by atoms with Crippen LogP contribution in [0.1, 0.15) is 47.0 Å². The Kier molecular flexibility index (Phi) is 8.07. The Morgan fingerprint density at radius 1 is 1.07 bits per heavy atom. The Labute approximate surface area is 96.2 Å². The van der Waals surface area contributed by atoms with Crippen molar-refractivity contribution in [3.63, 3.8) is 0 Å². The molecule has 2 N–H and O–H groups in total. The van der Waals surface area contributed by atoms with Gasteiger partial charge in [-0.2, -0.15) is 0 Å². The molecule has 0 amide bonds. The lowest BCUT2D eigenvalue weighted by molar-refractivity contribution is 0.201. The molecule has 92 valence electrons. The topological polar surface area (TPSA) is 29.3 Å². The Balaban J connectivity index is 3.58. The van der Waals surface area contributed by atoms with Crippen LogP contribution in [0.15, 0.2) is 0 Å². The minimum absolute atomic E-state index is 0.690. The molecular formula is C13H30N2. The highest BCUT2D eigenvalue weighted by Gasteiger charge is 2.12. The third-order valence-corrected chi connectivity index (χ3v) is 3.53. The first kappa shape index (κ1) is 14.9. The van der Waals surface area contributed by atoms with Gasteiger partial charge in [0, 0.05) is 6.04 Å². The highest BCUT2D eigenvalue weighted by molar-refractivity contribution is 4.67. The van der Waals surface area contributed by atoms with E-state index in [1.165, 1.54) is 25.8 Å². The predicted molar refractivity (Wildman–Crippen MR) is 69.0 cm³/mol. The minimum Gasteiger partial charge on any atom is -0.330 e. The predicted octanol–water partition coefficient (Wildman–Crippen LogP) is 2.73. The van der Waals surface area contributed by atoms with Crippen LogP contribution in [-0.4, -0.2) is 31.1 Å². The van der Waals surface area contributed by atoms with Crippen molar-refractivity contribution >= 4 is 0 Å². The molecule has 0 aliphatic heterocycles. The molecule has 15 heavy (non-hydrogen) atoms. The fraction of sp³-hybridized carbons (Fsp3) is 1.00. The largest absolute Gasteiger partial charge is 0.330 e. The molecule has 0 saturated heterocycles. The van der Waals surface area contributed by atoms with Gasteiger partial charge in [-0.25, -0.2) is 0 Å². The highest BCUT2D eigenvalue weighted by atomic mass is 15.1. The first-order valence-electron chi connectivity index (χ1n) is 6.39. The van der Waals surface area contributed by atoms with Crippen molar-refractivity contribution in [3.8, 4) is 0 Å². The van der Waals surface area contributed by atoms with Crippen LogP contribution in [0.5, 0.6) is 0 Å². The lowest BCUT2D eigenvalue weighted by Gasteiger charge is -2.28. The molecule has 2 nitrogen and oxygen atoms in total. The molecule has 0 radical (unpaired) electrons. The summed E-state index contributed by atoms with van der Waals surface area (Å²) in [5.74, 6) is 1.54. The summed E-state index contributed by atoms with van der Waals surface area (Å²) in [5, 5.41) is 0. The van der Waals surface area contributed by atoms with E-state index in [0.29, 0.717) is 6.04 Å². The van der Waals surface area contributed by atoms with Gasteiger partial charge >= 0.3 is 0 Å². The van der Waals surface area contributed by atoms with Gasteiger partial charge < -0.3 is 10.6 Å². The summed E-state index contributed by atoms with van der Waals surface area (Å²) in [6.07, 6.45) is 3.78. The maximum atomic E-state index is 5.54. The fourth-order valence-electron chi connectivity index (χ4n) is 1.83. The summed E-state index contributed by atoms with van der Waals surface area (Å²) in [6, 6.07) is 0.690. The van der Waals surface area contributed by atoms with Crippen molar-refractivity contribution in [2.24, 2.45) is 17.6 Å². The quantitative estimate of drug-likeness (QED) is 0.673. The second kappa shape index (κ2) is 8.12. The zero-order valence-corrected chi connectivity index (χ0v) is 11.3. The SMILES string of the molecule is CC(CCN)CCCN(C)C(C)C(C)C. The normalized spacial score (nSPS) is 16.0. The van der Waals surface area contributed by atoms with Gasteiger partial charge in [0.1, 0.15) is 0 Å². The summed E-state index contributed by atoms with van der Waals surface area (Å²) in [4.78, 5) is 2.47. The maximum Gasteiger partial charge on any atom is 0.00868 e. The molecule has 2 unspecified atom stereocenters. The zero-order valence-electron chi connectivity index (χ0n) is 11.3. The van der Waals surface area contributed by atoms with Gasteiger partial charge in [0.15, 0.2) is 0 Å². The molecule has 0 heterocycles. The van der Waals surface area contributed by atoms with Crippen LogP contribution >= 0.6 is 0 Å². The van der Waals surface area contributed by atoms with E-state index in [4.69, 9.17) is 5.73 Å². The van der Waals surface area contributed by atoms with Crippen LogP contribution in [-0.2, 0) is 0 Å². The van der Waals surface area contributed by atoms with Gasteiger partial charge in [0.25, 0.3) is 0 Å². The van der Waals surface area contributed by atoms with Crippen LogP contribution in [0.3, 0.4) is 0 Å². The van der Waals surface area contributed by atoms with Gasteiger partial charge in [0.2, 0.25) is 0 Å². The molecular weight excluding hydrogens is 184 g/mol. The lowest BCUT2D eigenvalue weighted by atomic mass is 10.0. The van der Waals surface area contributed by atoms with Crippen molar-refractivity contribution in [3.05, 3.63) is 0 Å². The summed E-state index contributed by atoms with van der Waals surface area (Å²) < 4.78 is 0. The molecule has 0 aromatic rings. The van der Waals surface area contributed by atoms with Gasteiger partial charge in [-0.05, 0) is 58.2 Å². The number of rotatable bonds is 8. The van der Waals surface area contributed by atoms with Gasteiger partial charge in [-0.3, -0.25) is 0 Å². The second-order valence-electron chi connectivity index (χ2n) is 5.29. The van der Waals surface area contributed by atoms with Crippen molar-refractivity contribution in [2.75, 3.05) is 20.1 Å². The highest BCUT2D eigenvalue weighted by Crippen LogP contribution is 2.12. The van der Waals surface area contributed by atoms with E-state index in [0.717, 1.165) is 18.4 Å². The molecule has 0 rings (SSSR count). The summed E-state index contributed by atoms with van der Waals surface area (Å²) in [5.41, 5.74) is 5.54. The van der Waals surface area contributed by atoms with E-state index in [2.05, 4.69) is 39.6 Å². The van der Waals surface area contributed by atoms with E-state index in [1.807, 2.05) is 0 Å². The van der Waals surface area contributed by atoms with Crippen LogP contribution in [0.4, 0.5) is 0 Å². The van der Waals surface area contributed by atoms with E-state index in [9.17, 15) is 0 Å². The van der Waals surface area contributed by atoms with E-state index >= 15 is 0 Å². The van der Waals surface area contributed by atoms with Crippen LogP contribution in [0.2, 0.25) is 0 Å². The number of nitrogens with two attached hydrogens (primary N) is 1. The third kappa shape index (κ3) is 6.91. The molecule has 0 aromatic heterocycles. The molecule has 0 aromatic carbocycles. The van der Waals surface area contributed by atoms with Crippen molar-refractivity contribution in [2.45, 2.75) is 53.0 Å². The van der Waals surface area contributed by atoms with Crippen molar-refractivity contribution in [1.82, 2.24) is 4.90 Å². The maximum absolute atomic E-state index is 5.54. The number of nitrogens with zero attached hydrogens (tertiary/aromatic N) is 1. The second-order valence-corrected chi connectivity index (χ2v) is 5.29. The Morgan fingerprint density at radius 3 is 2.13 bits per heavy atom. The van der Waals surface area contributed by atoms with Gasteiger partial charge in [-0.1, -0.05) is 20.8 Å². The average molecular weight is 214 g/mol. The van der Waals surface area contributed by atoms with Crippen LogP contribution in [0, 0.1) is 11.8 Å². The zero-order chi connectivity index (χ0) is 11.8. The van der Waals surface area contributed by atoms with Crippen molar-refractivity contribution in [1.29, 1.82) is 0 Å². The molecule has 2 atom stereocenters. The first-order chi connectivity index (χ1) is 6.99. The van der Waals surface area contributed by atoms with Crippen LogP contribution < -0.4 is 5.73 Å². The monoisotopic (exact) mass is 214 g/mol. The van der Waals surface area contributed by atoms with Gasteiger partial charge in [-0.15, -0.1) is 0 Å². The molecule has 0 bridgehead atoms. The lowest BCUT2D eigenvalue weighted by Crippen LogP contribution is -2.34. The van der Waals surface area contributed by atoms with Crippen LogP contribution in [0.25, 0.3) is 0 Å². The van der Waals surface area contributed by atoms with Crippen molar-refractivity contribution < 1.29 is 0 Å². The summed E-state index contributed by atoms with van der Waals surface area (Å²) in [6.45, 7) is 11.2. The Morgan fingerprint density at radius 2 is 1.67 bits per heavy atom. The standard InChI is InChI=1S/C13H30N2/c1-11(2)13(4)15(5)10-6-7-12(3)8-9-14/h11-13H,6-10,14H2,1-5H3. The molecule has 0 spiro atoms. The molecule has 0 aliphatic rings. The summed E-state index contributed by atoms with van der Waals surface area (Å²) >= 11 is 0. The first-order valence-corrected chi connectivity index (χ1v) is 6.39. The number of hydrogen-bond donors (Lipinski definition) is 1. The van der Waals surface area contributed by atoms with E-state index < -0.39 is 0 Å². The van der Waals surface area contributed by atoms with E-state index in [-0.39, 0.29) is 0 Å². The molecule has 0 saturated carbocycles. The molecule has 0 fully saturated rings. The number of hydrogen-bond acceptors (Lipinski definition) is 2. The Hall–Kier alpha value is -0.0800. The summed E-state index contributed by atoms with van der Waals surface area (Å²) in [7, 11) is 2.23. The third-order valence-electron chi connectivity index (χ3n) is 3.53. The minimum atomic E-state index is 0.690. The molecule has 2 heteroatoms. The fourth-order valence-corrected chi connectivity index (χ4v) is 1.83. The van der Waals surface area contributed by atoms with Gasteiger partial charge in [0.05, 0.1) is 0 Å². The Bertz CT molecular complexity index is 145. The average Bonchev–Trinajstić information content (AvgIpc) is 2.16. The van der Waals surface area contributed by atoms with E-state index in [1.54, 1.807) is 0 Å². The molecule has 0 aliphatic carbocycles.